The Kier molecular flexibility index (Phi) is 21.8. The zero-order valence-corrected chi connectivity index (χ0v) is 39.2. The number of rotatable bonds is 17. The van der Waals surface area contributed by atoms with Gasteiger partial charge in [-0.05, 0) is 61.6 Å². The molecule has 1 aromatic carbocycles. The van der Waals surface area contributed by atoms with Crippen molar-refractivity contribution in [1.29, 1.82) is 0 Å². The van der Waals surface area contributed by atoms with Gasteiger partial charge in [-0.25, -0.2) is 0 Å². The largest absolute Gasteiger partial charge is 0.508 e. The third-order valence-corrected chi connectivity index (χ3v) is 11.5. The summed E-state index contributed by atoms with van der Waals surface area (Å²) in [7, 11) is 0. The Morgan fingerprint density at radius 1 is 0.768 bits per heavy atom. The standard InChI is InChI=1S/C44H66N12O13/c1-5-23(4)37-43(68)51-26(12-14-32(45)58)39(64)53-30(19-33(46)59)40(65)52-27(13-15-35(61)48-21-36(62)50-29(41(66)55-37)18-24-8-10-25(57)11-9-24)44(69)56-16-6-7-31(56)42(67)54-28(17-22(2)3)38(63)49-20-34(47)60/h8-11,22-23,26-31,37,57H,5-7,12-21H2,1-4H3,(H2,45,58)(H2,46,59)(H2,47,60)(H,48,61)(H,49,63)(H,50,62)(H,51,68)(H,52,65)(H,53,64)(H,54,67)(H,55,66)/t23-,26-,27-,28-,29-,30-,31-,37-/m0/s1. The summed E-state index contributed by atoms with van der Waals surface area (Å²) in [5, 5.41) is 29.7. The lowest BCUT2D eigenvalue weighted by Gasteiger charge is -2.31. The minimum Gasteiger partial charge on any atom is -0.508 e. The summed E-state index contributed by atoms with van der Waals surface area (Å²) in [6, 6.07) is -4.37. The molecule has 69 heavy (non-hydrogen) atoms. The number of hydrogen-bond donors (Lipinski definition) is 12. The van der Waals surface area contributed by atoms with Gasteiger partial charge < -0.3 is 69.7 Å². The van der Waals surface area contributed by atoms with E-state index >= 15 is 0 Å². The van der Waals surface area contributed by atoms with Crippen molar-refractivity contribution in [2.45, 2.75) is 134 Å². The lowest BCUT2D eigenvalue weighted by molar-refractivity contribution is -0.143. The van der Waals surface area contributed by atoms with Crippen LogP contribution in [0.3, 0.4) is 0 Å². The minimum absolute atomic E-state index is 0.0163. The second kappa shape index (κ2) is 26.9. The number of benzene rings is 1. The third kappa shape index (κ3) is 18.3. The van der Waals surface area contributed by atoms with Crippen molar-refractivity contribution >= 4 is 70.9 Å². The van der Waals surface area contributed by atoms with Gasteiger partial charge in [0.1, 0.15) is 48.0 Å². The highest BCUT2D eigenvalue weighted by molar-refractivity contribution is 5.99. The molecule has 0 aromatic heterocycles. The van der Waals surface area contributed by atoms with Gasteiger partial charge >= 0.3 is 0 Å². The van der Waals surface area contributed by atoms with Crippen molar-refractivity contribution in [1.82, 2.24) is 47.4 Å². The summed E-state index contributed by atoms with van der Waals surface area (Å²) >= 11 is 0. The lowest BCUT2D eigenvalue weighted by atomic mass is 9.96. The molecule has 2 heterocycles. The van der Waals surface area contributed by atoms with Gasteiger partial charge in [-0.1, -0.05) is 46.2 Å². The van der Waals surface area contributed by atoms with Crippen LogP contribution in [0.2, 0.25) is 0 Å². The number of nitrogens with one attached hydrogen (secondary N) is 8. The lowest BCUT2D eigenvalue weighted by Crippen LogP contribution is -2.61. The second-order valence-corrected chi connectivity index (χ2v) is 17.6. The molecule has 0 saturated carbocycles. The molecule has 0 unspecified atom stereocenters. The van der Waals surface area contributed by atoms with Crippen LogP contribution >= 0.6 is 0 Å². The molecule has 8 atom stereocenters. The smallest absolute Gasteiger partial charge is 0.245 e. The normalized spacial score (nSPS) is 23.1. The van der Waals surface area contributed by atoms with Crippen LogP contribution in [-0.4, -0.2) is 143 Å². The van der Waals surface area contributed by atoms with Gasteiger partial charge in [0, 0.05) is 25.8 Å². The summed E-state index contributed by atoms with van der Waals surface area (Å²) < 4.78 is 0. The van der Waals surface area contributed by atoms with Crippen molar-refractivity contribution in [2.75, 3.05) is 19.6 Å². The van der Waals surface area contributed by atoms with Gasteiger partial charge in [-0.15, -0.1) is 0 Å². The highest BCUT2D eigenvalue weighted by Crippen LogP contribution is 2.21. The molecule has 0 radical (unpaired) electrons. The summed E-state index contributed by atoms with van der Waals surface area (Å²) in [6.07, 6.45) is -1.97. The zero-order chi connectivity index (χ0) is 51.5. The first kappa shape index (κ1) is 56.0. The van der Waals surface area contributed by atoms with Crippen molar-refractivity contribution in [3.8, 4) is 5.75 Å². The van der Waals surface area contributed by atoms with Crippen LogP contribution in [0.5, 0.6) is 5.75 Å². The molecule has 3 rings (SSSR count). The number of aromatic hydroxyl groups is 1. The van der Waals surface area contributed by atoms with Crippen LogP contribution in [0.25, 0.3) is 0 Å². The predicted octanol–water partition coefficient (Wildman–Crippen LogP) is -4.42. The maximum Gasteiger partial charge on any atom is 0.245 e. The van der Waals surface area contributed by atoms with Gasteiger partial charge in [0.25, 0.3) is 0 Å². The highest BCUT2D eigenvalue weighted by Gasteiger charge is 2.41. The van der Waals surface area contributed by atoms with Crippen LogP contribution in [0.15, 0.2) is 24.3 Å². The fraction of sp³-hybridized carbons (Fsp3) is 0.591. The van der Waals surface area contributed by atoms with Crippen LogP contribution in [-0.2, 0) is 64.0 Å². The maximum atomic E-state index is 14.4. The molecule has 2 aliphatic heterocycles. The SMILES string of the molecule is CC[C@H](C)[C@@H]1NC(=O)[C@H](Cc2ccc(O)cc2)NC(=O)CNC(=O)CC[C@@H](C(=O)N2CCC[C@H]2C(=O)N[C@@H](CC(C)C)C(=O)NCC(N)=O)NC(=O)[C@H](CC(N)=O)NC(=O)[C@H](CCC(N)=O)NC1=O. The van der Waals surface area contributed by atoms with Crippen molar-refractivity contribution in [3.63, 3.8) is 0 Å². The fourth-order valence-electron chi connectivity index (χ4n) is 7.62. The van der Waals surface area contributed by atoms with Gasteiger partial charge in [0.15, 0.2) is 0 Å². The number of phenolic OH excluding ortho intramolecular Hbond substituents is 1. The summed E-state index contributed by atoms with van der Waals surface area (Å²) in [5.41, 5.74) is 16.5. The van der Waals surface area contributed by atoms with Crippen molar-refractivity contribution in [3.05, 3.63) is 29.8 Å². The summed E-state index contributed by atoms with van der Waals surface area (Å²) in [5.74, 6) is -11.5. The number of carbonyl (C=O) groups is 12. The van der Waals surface area contributed by atoms with Crippen LogP contribution in [0, 0.1) is 11.8 Å². The summed E-state index contributed by atoms with van der Waals surface area (Å²) in [6.45, 7) is 5.76. The Balaban J connectivity index is 2.06. The van der Waals surface area contributed by atoms with Crippen LogP contribution < -0.4 is 59.7 Å². The number of nitrogens with zero attached hydrogens (tertiary/aromatic N) is 1. The topological polar surface area (TPSA) is 403 Å². The van der Waals surface area contributed by atoms with Gasteiger partial charge in [0.2, 0.25) is 70.9 Å². The average molecular weight is 971 g/mol. The van der Waals surface area contributed by atoms with E-state index in [9.17, 15) is 62.6 Å². The highest BCUT2D eigenvalue weighted by atomic mass is 16.3. The van der Waals surface area contributed by atoms with Crippen LogP contribution in [0.4, 0.5) is 0 Å². The number of primary amides is 3. The average Bonchev–Trinajstić information content (AvgIpc) is 3.78. The minimum atomic E-state index is -1.82. The molecule has 25 nitrogen and oxygen atoms in total. The van der Waals surface area contributed by atoms with Crippen molar-refractivity contribution < 1.29 is 62.6 Å². The summed E-state index contributed by atoms with van der Waals surface area (Å²) in [4.78, 5) is 161. The van der Waals surface area contributed by atoms with Crippen molar-refractivity contribution in [2.24, 2.45) is 29.0 Å². The molecule has 0 spiro atoms. The molecular formula is C44H66N12O13. The molecule has 2 saturated heterocycles. The quantitative estimate of drug-likeness (QED) is 0.0703. The predicted molar refractivity (Wildman–Crippen MR) is 244 cm³/mol. The van der Waals surface area contributed by atoms with E-state index in [1.807, 2.05) is 0 Å². The molecule has 1 aromatic rings. The van der Waals surface area contributed by atoms with Gasteiger partial charge in [-0.3, -0.25) is 57.5 Å². The molecule has 12 amide bonds. The van der Waals surface area contributed by atoms with E-state index in [1.165, 1.54) is 24.3 Å². The van der Waals surface area contributed by atoms with Gasteiger partial charge in [-0.2, -0.15) is 0 Å². The van der Waals surface area contributed by atoms with E-state index in [0.717, 1.165) is 4.90 Å². The fourth-order valence-corrected chi connectivity index (χ4v) is 7.62. The number of amides is 12. The number of hydrogen-bond acceptors (Lipinski definition) is 13. The van der Waals surface area contributed by atoms with E-state index in [0.29, 0.717) is 18.4 Å². The first-order valence-electron chi connectivity index (χ1n) is 22.8. The second-order valence-electron chi connectivity index (χ2n) is 17.6. The Morgan fingerprint density at radius 3 is 2.01 bits per heavy atom. The van der Waals surface area contributed by atoms with Gasteiger partial charge in [0.05, 0.1) is 19.5 Å². The van der Waals surface area contributed by atoms with E-state index in [-0.39, 0.29) is 37.5 Å². The number of phenols is 1. The molecule has 2 fully saturated rings. The maximum absolute atomic E-state index is 14.4. The Morgan fingerprint density at radius 2 is 1.41 bits per heavy atom. The molecule has 380 valence electrons. The first-order chi connectivity index (χ1) is 32.5. The molecular weight excluding hydrogens is 905 g/mol. The monoisotopic (exact) mass is 970 g/mol. The Bertz CT molecular complexity index is 2080. The molecule has 25 heteroatoms. The number of nitrogens with two attached hydrogens (primary N) is 3. The Hall–Kier alpha value is -7.34. The van der Waals surface area contributed by atoms with E-state index in [2.05, 4.69) is 42.5 Å². The van der Waals surface area contributed by atoms with E-state index in [1.54, 1.807) is 27.7 Å². The molecule has 0 aliphatic carbocycles. The first-order valence-corrected chi connectivity index (χ1v) is 22.8. The molecule has 2 aliphatic rings. The van der Waals surface area contributed by atoms with Crippen LogP contribution in [0.1, 0.15) is 91.0 Å². The zero-order valence-electron chi connectivity index (χ0n) is 39.2. The molecule has 0 bridgehead atoms. The molecule has 15 N–H and O–H groups in total. The number of carbonyl (C=O) groups excluding carboxylic acids is 12. The van der Waals surface area contributed by atoms with E-state index in [4.69, 9.17) is 17.2 Å². The Labute approximate surface area is 398 Å². The van der Waals surface area contributed by atoms with E-state index < -0.39 is 164 Å². The third-order valence-electron chi connectivity index (χ3n) is 11.5. The number of likely N-dealkylation sites (tertiary alicyclic amines) is 1.